The molecule has 0 radical (unpaired) electrons. The molecule has 0 bridgehead atoms. The number of hydrogen-bond acceptors (Lipinski definition) is 0. The highest BCUT2D eigenvalue weighted by Crippen LogP contribution is 2.33. The van der Waals surface area contributed by atoms with Crippen LogP contribution in [0.2, 0.25) is 49.3 Å². The van der Waals surface area contributed by atoms with Crippen LogP contribution < -0.4 is 0 Å². The lowest BCUT2D eigenvalue weighted by molar-refractivity contribution is 1.66. The van der Waals surface area contributed by atoms with Crippen molar-refractivity contribution in [2.24, 2.45) is 0 Å². The molecule has 0 aromatic heterocycles. The van der Waals surface area contributed by atoms with Gasteiger partial charge in [-0.05, 0) is 12.1 Å². The van der Waals surface area contributed by atoms with Gasteiger partial charge in [-0.3, -0.25) is 0 Å². The van der Waals surface area contributed by atoms with Crippen molar-refractivity contribution in [2.45, 2.75) is 39.3 Å². The maximum Gasteiger partial charge on any atom is 0.129 e. The Kier molecular flexibility index (Phi) is 5.58. The van der Waals surface area contributed by atoms with E-state index in [2.05, 4.69) is 62.2 Å². The molecule has 0 amide bonds. The summed E-state index contributed by atoms with van der Waals surface area (Å²) in [6.07, 6.45) is 0. The first-order valence-corrected chi connectivity index (χ1v) is 15.7. The molecule has 24 heavy (non-hydrogen) atoms. The molecule has 0 saturated heterocycles. The SMILES string of the molecule is C[Si](C)(C)C#Cc1ccc2c(Cl)c(C#C[Si](C)(C)C)ccc2c1Cl. The fraction of sp³-hybridized carbons (Fsp3) is 0.300. The summed E-state index contributed by atoms with van der Waals surface area (Å²) in [6, 6.07) is 7.91. The van der Waals surface area contributed by atoms with Gasteiger partial charge in [-0.15, -0.1) is 11.1 Å². The Hall–Kier alpha value is -1.17. The average molecular weight is 389 g/mol. The molecular weight excluding hydrogens is 367 g/mol. The summed E-state index contributed by atoms with van der Waals surface area (Å²) in [5.41, 5.74) is 8.45. The van der Waals surface area contributed by atoms with Crippen LogP contribution in [0, 0.1) is 22.9 Å². The smallest absolute Gasteiger partial charge is 0.127 e. The fourth-order valence-corrected chi connectivity index (χ4v) is 3.60. The van der Waals surface area contributed by atoms with Crippen molar-refractivity contribution >= 4 is 50.1 Å². The minimum atomic E-state index is -1.44. The fourth-order valence-electron chi connectivity index (χ4n) is 2.03. The number of benzene rings is 2. The van der Waals surface area contributed by atoms with Crippen molar-refractivity contribution in [3.8, 4) is 22.9 Å². The summed E-state index contributed by atoms with van der Waals surface area (Å²) in [7, 11) is -2.88. The van der Waals surface area contributed by atoms with Crippen molar-refractivity contribution < 1.29 is 0 Å². The molecule has 0 heterocycles. The van der Waals surface area contributed by atoms with Crippen molar-refractivity contribution in [3.63, 3.8) is 0 Å². The van der Waals surface area contributed by atoms with E-state index >= 15 is 0 Å². The zero-order valence-corrected chi connectivity index (χ0v) is 18.6. The molecule has 0 aliphatic carbocycles. The summed E-state index contributed by atoms with van der Waals surface area (Å²) >= 11 is 13.1. The van der Waals surface area contributed by atoms with Crippen molar-refractivity contribution in [3.05, 3.63) is 45.4 Å². The van der Waals surface area contributed by atoms with Gasteiger partial charge in [0.1, 0.15) is 16.1 Å². The van der Waals surface area contributed by atoms with Gasteiger partial charge in [0.05, 0.1) is 10.0 Å². The molecule has 4 heteroatoms. The maximum atomic E-state index is 6.57. The zero-order valence-electron chi connectivity index (χ0n) is 15.1. The van der Waals surface area contributed by atoms with Gasteiger partial charge >= 0.3 is 0 Å². The Morgan fingerprint density at radius 1 is 0.625 bits per heavy atom. The summed E-state index contributed by atoms with van der Waals surface area (Å²) in [4.78, 5) is 0. The van der Waals surface area contributed by atoms with Gasteiger partial charge in [-0.2, -0.15) is 0 Å². The average Bonchev–Trinajstić information content (AvgIpc) is 2.44. The molecule has 0 saturated carbocycles. The largest absolute Gasteiger partial charge is 0.129 e. The van der Waals surface area contributed by atoms with Gasteiger partial charge in [0.25, 0.3) is 0 Å². The van der Waals surface area contributed by atoms with Crippen LogP contribution in [-0.4, -0.2) is 16.1 Å². The van der Waals surface area contributed by atoms with Gasteiger partial charge in [-0.25, -0.2) is 0 Å². The van der Waals surface area contributed by atoms with Crippen LogP contribution in [0.15, 0.2) is 24.3 Å². The van der Waals surface area contributed by atoms with E-state index in [1.165, 1.54) is 0 Å². The Morgan fingerprint density at radius 2 is 0.958 bits per heavy atom. The van der Waals surface area contributed by atoms with E-state index < -0.39 is 16.1 Å². The molecule has 2 rings (SSSR count). The molecule has 0 atom stereocenters. The highest BCUT2D eigenvalue weighted by Gasteiger charge is 2.12. The third-order valence-electron chi connectivity index (χ3n) is 3.21. The predicted molar refractivity (Wildman–Crippen MR) is 114 cm³/mol. The Morgan fingerprint density at radius 3 is 1.25 bits per heavy atom. The maximum absolute atomic E-state index is 6.57. The van der Waals surface area contributed by atoms with E-state index in [0.717, 1.165) is 21.9 Å². The molecule has 0 nitrogen and oxygen atoms in total. The second-order valence-corrected chi connectivity index (χ2v) is 18.2. The van der Waals surface area contributed by atoms with Crippen LogP contribution in [0.25, 0.3) is 10.8 Å². The lowest BCUT2D eigenvalue weighted by Gasteiger charge is -2.09. The topological polar surface area (TPSA) is 0 Å². The van der Waals surface area contributed by atoms with Crippen molar-refractivity contribution in [1.29, 1.82) is 0 Å². The monoisotopic (exact) mass is 388 g/mol. The van der Waals surface area contributed by atoms with E-state index in [1.807, 2.05) is 24.3 Å². The first-order chi connectivity index (χ1) is 11.0. The Bertz CT molecular complexity index is 831. The van der Waals surface area contributed by atoms with E-state index in [-0.39, 0.29) is 0 Å². The number of rotatable bonds is 0. The quantitative estimate of drug-likeness (QED) is 0.351. The van der Waals surface area contributed by atoms with Crippen LogP contribution in [0.5, 0.6) is 0 Å². The third-order valence-corrected chi connectivity index (χ3v) is 5.78. The third kappa shape index (κ3) is 4.92. The molecule has 0 unspecified atom stereocenters. The second kappa shape index (κ2) is 6.99. The highest BCUT2D eigenvalue weighted by molar-refractivity contribution is 6.84. The van der Waals surface area contributed by atoms with Crippen molar-refractivity contribution in [1.82, 2.24) is 0 Å². The Balaban J connectivity index is 2.58. The molecular formula is C20H22Cl2Si2. The standard InChI is InChI=1S/C20H22Cl2Si2/c1-23(2,3)13-11-15-7-9-18-17(19(15)21)10-8-16(20(18)22)12-14-24(4,5)6/h7-10H,1-6H3. The number of halogens is 2. The summed E-state index contributed by atoms with van der Waals surface area (Å²) < 4.78 is 0. The van der Waals surface area contributed by atoms with Crippen LogP contribution in [0.1, 0.15) is 11.1 Å². The Labute approximate surface area is 157 Å². The number of hydrogen-bond donors (Lipinski definition) is 0. The van der Waals surface area contributed by atoms with Gasteiger partial charge in [-0.1, -0.05) is 86.5 Å². The predicted octanol–water partition coefficient (Wildman–Crippen LogP) is 6.60. The van der Waals surface area contributed by atoms with Crippen LogP contribution >= 0.6 is 23.2 Å². The molecule has 0 N–H and O–H groups in total. The van der Waals surface area contributed by atoms with E-state index in [0.29, 0.717) is 10.0 Å². The van der Waals surface area contributed by atoms with E-state index in [1.54, 1.807) is 0 Å². The van der Waals surface area contributed by atoms with Gasteiger partial charge in [0, 0.05) is 21.9 Å². The molecule has 124 valence electrons. The summed E-state index contributed by atoms with van der Waals surface area (Å²) in [5.74, 6) is 6.48. The summed E-state index contributed by atoms with van der Waals surface area (Å²) in [5, 5.41) is 3.21. The normalized spacial score (nSPS) is 11.5. The highest BCUT2D eigenvalue weighted by atomic mass is 35.5. The second-order valence-electron chi connectivity index (χ2n) is 7.95. The van der Waals surface area contributed by atoms with Crippen LogP contribution in [-0.2, 0) is 0 Å². The molecule has 0 fully saturated rings. The van der Waals surface area contributed by atoms with Gasteiger partial charge < -0.3 is 0 Å². The zero-order chi connectivity index (χ0) is 18.1. The van der Waals surface area contributed by atoms with Crippen molar-refractivity contribution in [2.75, 3.05) is 0 Å². The van der Waals surface area contributed by atoms with Crippen LogP contribution in [0.3, 0.4) is 0 Å². The summed E-state index contributed by atoms with van der Waals surface area (Å²) in [6.45, 7) is 13.3. The molecule has 2 aromatic carbocycles. The minimum Gasteiger partial charge on any atom is -0.127 e. The minimum absolute atomic E-state index is 0.671. The van der Waals surface area contributed by atoms with Gasteiger partial charge in [0.2, 0.25) is 0 Å². The molecule has 2 aromatic rings. The van der Waals surface area contributed by atoms with E-state index in [9.17, 15) is 0 Å². The van der Waals surface area contributed by atoms with Crippen LogP contribution in [0.4, 0.5) is 0 Å². The lowest BCUT2D eigenvalue weighted by Crippen LogP contribution is -2.16. The first kappa shape index (κ1) is 19.2. The van der Waals surface area contributed by atoms with Gasteiger partial charge in [0.15, 0.2) is 0 Å². The molecule has 0 aliphatic heterocycles. The number of fused-ring (bicyclic) bond motifs is 1. The molecule has 0 spiro atoms. The molecule has 0 aliphatic rings. The first-order valence-electron chi connectivity index (χ1n) is 7.95. The lowest BCUT2D eigenvalue weighted by atomic mass is 10.0. The van der Waals surface area contributed by atoms with E-state index in [4.69, 9.17) is 23.2 Å².